The van der Waals surface area contributed by atoms with E-state index < -0.39 is 141 Å². The number of likely N-dealkylation sites (tertiary alicyclic amines) is 1. The number of β-amino-alcohol motifs (C(OH)–C–C–N with tert-alkyl or cyclic N) is 1. The third-order valence-electron chi connectivity index (χ3n) is 14.1. The zero-order valence-electron chi connectivity index (χ0n) is 42.5. The summed E-state index contributed by atoms with van der Waals surface area (Å²) in [6, 6.07) is -2.78. The maximum Gasteiger partial charge on any atom is 0.326 e. The van der Waals surface area contributed by atoms with Crippen molar-refractivity contribution in [2.24, 2.45) is 23.3 Å². The van der Waals surface area contributed by atoms with Crippen LogP contribution in [0.25, 0.3) is 5.57 Å². The molecule has 0 aromatic heterocycles. The number of aliphatic hydroxyl groups is 1. The minimum absolute atomic E-state index is 0.0896. The Labute approximate surface area is 420 Å². The number of hydrogen-bond donors (Lipinski definition) is 9. The van der Waals surface area contributed by atoms with E-state index >= 15 is 0 Å². The molecule has 1 fully saturated rings. The summed E-state index contributed by atoms with van der Waals surface area (Å²) in [6.07, 6.45) is -2.71. The van der Waals surface area contributed by atoms with Gasteiger partial charge in [0.1, 0.15) is 29.9 Å². The zero-order valence-corrected chi connectivity index (χ0v) is 44.3. The van der Waals surface area contributed by atoms with Crippen LogP contribution < -0.4 is 42.8 Å². The van der Waals surface area contributed by atoms with Gasteiger partial charge in [-0.25, -0.2) is 4.79 Å². The summed E-state index contributed by atoms with van der Waals surface area (Å²) >= 11 is 1.13. The molecule has 2 heterocycles. The van der Waals surface area contributed by atoms with Crippen LogP contribution in [-0.2, 0) is 54.0 Å². The third-order valence-corrected chi connectivity index (χ3v) is 19.9. The second-order valence-corrected chi connectivity index (χ2v) is 26.2. The summed E-state index contributed by atoms with van der Waals surface area (Å²) in [6.45, 7) is 16.7. The molecule has 11 N–H and O–H groups in total. The number of hydrogen-bond acceptors (Lipinski definition) is 14. The Balaban J connectivity index is 1.78. The number of Topliss-reactive ketones (excluding diaryl/α,β-unsaturated/α-hetero) is 1. The van der Waals surface area contributed by atoms with Crippen molar-refractivity contribution in [2.75, 3.05) is 26.0 Å². The second kappa shape index (κ2) is 24.8. The van der Waals surface area contributed by atoms with Crippen LogP contribution in [0, 0.1) is 11.8 Å². The topological polar surface area (TPSA) is 328 Å². The van der Waals surface area contributed by atoms with Crippen molar-refractivity contribution >= 4 is 78.8 Å². The maximum absolute atomic E-state index is 14.4. The van der Waals surface area contributed by atoms with Crippen molar-refractivity contribution in [3.63, 3.8) is 0 Å². The molecule has 0 unspecified atom stereocenters. The van der Waals surface area contributed by atoms with E-state index in [1.807, 2.05) is 13.0 Å². The Bertz CT molecular complexity index is 2240. The fourth-order valence-corrected chi connectivity index (χ4v) is 11.1. The van der Waals surface area contributed by atoms with Crippen LogP contribution in [0.4, 0.5) is 0 Å². The molecule has 3 aliphatic rings. The number of aliphatic hydroxyl groups excluding tert-OH is 1. The number of benzene rings is 1. The summed E-state index contributed by atoms with van der Waals surface area (Å²) < 4.78 is 12.1. The van der Waals surface area contributed by atoms with E-state index in [2.05, 4.69) is 60.4 Å². The average Bonchev–Trinajstić information content (AvgIpc) is 3.86. The molecule has 0 saturated carbocycles. The third kappa shape index (κ3) is 15.3. The van der Waals surface area contributed by atoms with E-state index in [9.17, 15) is 53.4 Å². The number of nitrogens with two attached hydrogens (primary N) is 2. The number of aliphatic carboxylic acids is 1. The maximum atomic E-state index is 14.4. The summed E-state index contributed by atoms with van der Waals surface area (Å²) in [7, 11) is -0.777. The lowest BCUT2D eigenvalue weighted by molar-refractivity contribution is -0.149. The molecule has 2 aliphatic heterocycles. The predicted octanol–water partition coefficient (Wildman–Crippen LogP) is 0.846. The molecular weight excluding hydrogens is 957 g/mol. The number of rotatable bonds is 15. The van der Waals surface area contributed by atoms with Gasteiger partial charge in [0.15, 0.2) is 14.1 Å². The molecular formula is C48H74N8O13SSi. The minimum Gasteiger partial charge on any atom is -0.497 e. The van der Waals surface area contributed by atoms with Crippen molar-refractivity contribution in [3.05, 3.63) is 34.2 Å². The van der Waals surface area contributed by atoms with Gasteiger partial charge in [0.2, 0.25) is 41.4 Å². The number of ketones is 1. The first-order valence-electron chi connectivity index (χ1n) is 24.0. The number of amides is 7. The highest BCUT2D eigenvalue weighted by molar-refractivity contribution is 8.03. The molecule has 0 spiro atoms. The Kier molecular flexibility index (Phi) is 20.4. The summed E-state index contributed by atoms with van der Waals surface area (Å²) in [4.78, 5) is 123. The lowest BCUT2D eigenvalue weighted by atomic mass is 9.93. The molecule has 23 heteroatoms. The number of primary amides is 1. The smallest absolute Gasteiger partial charge is 0.326 e. The van der Waals surface area contributed by atoms with E-state index in [1.165, 1.54) is 7.11 Å². The number of thioether (sulfide) groups is 1. The number of carboxylic acid groups (broad SMARTS) is 1. The van der Waals surface area contributed by atoms with Crippen LogP contribution in [0.5, 0.6) is 5.75 Å². The van der Waals surface area contributed by atoms with Gasteiger partial charge in [-0.2, -0.15) is 0 Å². The second-order valence-electron chi connectivity index (χ2n) is 20.3. The van der Waals surface area contributed by atoms with Gasteiger partial charge in [0.25, 0.3) is 0 Å². The quantitative estimate of drug-likeness (QED) is 0.110. The Morgan fingerprint density at radius 1 is 1.03 bits per heavy atom. The van der Waals surface area contributed by atoms with Crippen molar-refractivity contribution in [1.29, 1.82) is 0 Å². The van der Waals surface area contributed by atoms with Crippen molar-refractivity contribution in [3.8, 4) is 5.75 Å². The number of methoxy groups -OCH3 is 1. The van der Waals surface area contributed by atoms with E-state index in [-0.39, 0.29) is 42.9 Å². The molecule has 0 bridgehead atoms. The van der Waals surface area contributed by atoms with Gasteiger partial charge in [0, 0.05) is 56.4 Å². The number of carbonyl (C=O) groups is 9. The minimum atomic E-state index is -2.28. The predicted molar refractivity (Wildman–Crippen MR) is 268 cm³/mol. The lowest BCUT2D eigenvalue weighted by Gasteiger charge is -2.40. The monoisotopic (exact) mass is 1030 g/mol. The van der Waals surface area contributed by atoms with Gasteiger partial charge in [0.05, 0.1) is 38.3 Å². The van der Waals surface area contributed by atoms with Gasteiger partial charge in [-0.15, -0.1) is 11.8 Å². The molecule has 21 nitrogen and oxygen atoms in total. The molecule has 4 rings (SSSR count). The highest BCUT2D eigenvalue weighted by Crippen LogP contribution is 2.43. The molecule has 1 saturated heterocycles. The van der Waals surface area contributed by atoms with E-state index in [1.54, 1.807) is 32.9 Å². The number of nitrogens with zero attached hydrogens (tertiary/aromatic N) is 1. The first-order valence-corrected chi connectivity index (χ1v) is 27.9. The van der Waals surface area contributed by atoms with Crippen LogP contribution in [0.3, 0.4) is 0 Å². The molecule has 1 aliphatic carbocycles. The van der Waals surface area contributed by atoms with Gasteiger partial charge < -0.3 is 62.3 Å². The number of allylic oxidation sites excluding steroid dienone is 1. The van der Waals surface area contributed by atoms with E-state index in [0.717, 1.165) is 22.2 Å². The van der Waals surface area contributed by atoms with Crippen LogP contribution in [0.15, 0.2) is 23.1 Å². The number of carbonyl (C=O) groups excluding carboxylic acids is 8. The van der Waals surface area contributed by atoms with Crippen molar-refractivity contribution < 1.29 is 62.5 Å². The lowest BCUT2D eigenvalue weighted by Crippen LogP contribution is -2.58. The van der Waals surface area contributed by atoms with Crippen LogP contribution in [0.1, 0.15) is 98.1 Å². The molecule has 394 valence electrons. The number of carboxylic acids is 1. The molecule has 10 atom stereocenters. The Morgan fingerprint density at radius 2 is 1.70 bits per heavy atom. The molecule has 0 radical (unpaired) electrons. The highest BCUT2D eigenvalue weighted by atomic mass is 32.2. The first-order chi connectivity index (χ1) is 33.1. The van der Waals surface area contributed by atoms with Gasteiger partial charge in [-0.3, -0.25) is 38.4 Å². The normalized spacial score (nSPS) is 24.1. The van der Waals surface area contributed by atoms with Crippen molar-refractivity contribution in [2.45, 2.75) is 160 Å². The summed E-state index contributed by atoms with van der Waals surface area (Å²) in [5.41, 5.74) is 14.2. The fraction of sp³-hybridized carbons (Fsp3) is 0.646. The molecule has 1 aromatic carbocycles. The largest absolute Gasteiger partial charge is 0.497 e. The van der Waals surface area contributed by atoms with Crippen molar-refractivity contribution in [1.82, 2.24) is 31.5 Å². The highest BCUT2D eigenvalue weighted by Gasteiger charge is 2.44. The number of fused-ring (bicyclic) bond motifs is 2. The zero-order chi connectivity index (χ0) is 53.3. The summed E-state index contributed by atoms with van der Waals surface area (Å²) in [5.74, 6) is -8.31. The number of nitrogens with one attached hydrogen (secondary N) is 5. The molecule has 1 aromatic rings. The van der Waals surface area contributed by atoms with Crippen LogP contribution in [-0.4, -0.2) is 151 Å². The molecule has 71 heavy (non-hydrogen) atoms. The Morgan fingerprint density at radius 3 is 2.31 bits per heavy atom. The van der Waals surface area contributed by atoms with E-state index in [0.29, 0.717) is 28.2 Å². The van der Waals surface area contributed by atoms with Gasteiger partial charge in [-0.05, 0) is 64.7 Å². The molecule has 7 amide bonds. The SMILES string of the molecule is CC[C@H](C)[C@@H]1NC(=O)CCC(=O)[C@H](NC(=O)[C@@H](N)[C@@H](C)[C@H](C)O[Si](C)(C)C(C)(C)C)CC2=C(Cc3cc(OC)ccc32)SC[C@H](C(=O)N[C@H](CC(N)=O)C(=O)N2C[C@H](O)C[C@H]2C(=O)O)NC(=O)CNC1=O. The van der Waals surface area contributed by atoms with Crippen LogP contribution >= 0.6 is 11.8 Å². The van der Waals surface area contributed by atoms with Gasteiger partial charge in [-0.1, -0.05) is 54.0 Å². The number of ether oxygens (including phenoxy) is 1. The Hall–Kier alpha value is -5.36. The first kappa shape index (κ1) is 58.2. The fourth-order valence-electron chi connectivity index (χ4n) is 8.34. The average molecular weight is 1030 g/mol. The standard InChI is InChI=1S/C48H74N8O13SSi/c1-11-24(2)42-45(64)51-21-40(61)52-34(43(62)54-33(20-38(49)59)46(65)56-22-28(57)18-35(56)47(66)67)23-70-37-17-27-16-29(68-8)12-13-30(27)31(37)19-32(36(58)14-15-39(60)55-42)53-44(63)41(50)25(3)26(4)69-71(9,10)48(5,6)7/h12-13,16,24-26,28,32-35,41-42,57H,11,14-15,17-23,50H2,1-10H3,(H2,49,59)(H,51,64)(H,52,61)(H,53,63)(H,54,62)(H,55,60)(H,66,67)/t24-,25-,26-,28+,32+,33+,34+,35-,41-,42-/m0/s1. The summed E-state index contributed by atoms with van der Waals surface area (Å²) in [5, 5.41) is 33.1. The van der Waals surface area contributed by atoms with Crippen LogP contribution in [0.2, 0.25) is 18.1 Å². The van der Waals surface area contributed by atoms with Gasteiger partial charge >= 0.3 is 5.97 Å². The van der Waals surface area contributed by atoms with E-state index in [4.69, 9.17) is 20.6 Å².